The fourth-order valence-corrected chi connectivity index (χ4v) is 3.95. The van der Waals surface area contributed by atoms with Crippen LogP contribution in [0.3, 0.4) is 0 Å². The van der Waals surface area contributed by atoms with Crippen molar-refractivity contribution in [3.8, 4) is 5.75 Å². The molecule has 0 spiro atoms. The monoisotopic (exact) mass is 488 g/mol. The quantitative estimate of drug-likeness (QED) is 0.476. The van der Waals surface area contributed by atoms with E-state index in [1.54, 1.807) is 12.1 Å². The molecule has 0 aliphatic heterocycles. The van der Waals surface area contributed by atoms with Gasteiger partial charge in [-0.3, -0.25) is 4.79 Å². The normalized spacial score (nSPS) is 11.1. The molecule has 1 amide bonds. The van der Waals surface area contributed by atoms with Crippen LogP contribution in [0.5, 0.6) is 5.75 Å². The SMILES string of the molecule is O=C(COc1ccc(S(=O)(=O)NCCc2ccccc2)cc1)Nc1ccc(Br)cc1. The summed E-state index contributed by atoms with van der Waals surface area (Å²) in [6.07, 6.45) is 0.606. The van der Waals surface area contributed by atoms with Crippen molar-refractivity contribution in [1.82, 2.24) is 4.72 Å². The van der Waals surface area contributed by atoms with Crippen LogP contribution in [0.1, 0.15) is 5.56 Å². The van der Waals surface area contributed by atoms with Crippen LogP contribution in [-0.2, 0) is 21.2 Å². The van der Waals surface area contributed by atoms with Crippen LogP contribution in [0.2, 0.25) is 0 Å². The highest BCUT2D eigenvalue weighted by Gasteiger charge is 2.13. The second-order valence-electron chi connectivity index (χ2n) is 6.45. The third-order valence-corrected chi connectivity index (χ3v) is 6.19. The Morgan fingerprint density at radius 2 is 1.57 bits per heavy atom. The van der Waals surface area contributed by atoms with E-state index in [2.05, 4.69) is 26.0 Å². The molecule has 3 rings (SSSR count). The van der Waals surface area contributed by atoms with Crippen molar-refractivity contribution in [2.24, 2.45) is 0 Å². The zero-order chi connectivity index (χ0) is 21.4. The minimum Gasteiger partial charge on any atom is -0.484 e. The summed E-state index contributed by atoms with van der Waals surface area (Å²) >= 11 is 3.33. The second kappa shape index (κ2) is 10.4. The van der Waals surface area contributed by atoms with Gasteiger partial charge < -0.3 is 10.1 Å². The Bertz CT molecular complexity index is 1070. The molecule has 0 heterocycles. The average molecular weight is 489 g/mol. The van der Waals surface area contributed by atoms with E-state index in [1.165, 1.54) is 24.3 Å². The van der Waals surface area contributed by atoms with Crippen LogP contribution in [0.25, 0.3) is 0 Å². The fourth-order valence-electron chi connectivity index (χ4n) is 2.65. The first-order valence-electron chi connectivity index (χ1n) is 9.24. The van der Waals surface area contributed by atoms with E-state index in [9.17, 15) is 13.2 Å². The molecule has 156 valence electrons. The van der Waals surface area contributed by atoms with E-state index in [1.807, 2.05) is 42.5 Å². The average Bonchev–Trinajstić information content (AvgIpc) is 2.75. The molecule has 0 fully saturated rings. The topological polar surface area (TPSA) is 84.5 Å². The highest BCUT2D eigenvalue weighted by Crippen LogP contribution is 2.17. The summed E-state index contributed by atoms with van der Waals surface area (Å²) in [5.41, 5.74) is 1.72. The summed E-state index contributed by atoms with van der Waals surface area (Å²) < 4.78 is 33.8. The van der Waals surface area contributed by atoms with Crippen molar-refractivity contribution >= 4 is 37.5 Å². The standard InChI is InChI=1S/C22H21BrN2O4S/c23-18-6-8-19(9-7-18)25-22(26)16-29-20-10-12-21(13-11-20)30(27,28)24-15-14-17-4-2-1-3-5-17/h1-13,24H,14-16H2,(H,25,26). The minimum absolute atomic E-state index is 0.141. The summed E-state index contributed by atoms with van der Waals surface area (Å²) in [5, 5.41) is 2.72. The molecule has 2 N–H and O–H groups in total. The van der Waals surface area contributed by atoms with Crippen molar-refractivity contribution in [2.75, 3.05) is 18.5 Å². The third kappa shape index (κ3) is 6.69. The van der Waals surface area contributed by atoms with Crippen molar-refractivity contribution in [2.45, 2.75) is 11.3 Å². The molecule has 0 radical (unpaired) electrons. The Hall–Kier alpha value is -2.68. The van der Waals surface area contributed by atoms with E-state index in [4.69, 9.17) is 4.74 Å². The lowest BCUT2D eigenvalue weighted by atomic mass is 10.2. The van der Waals surface area contributed by atoms with Gasteiger partial charge in [-0.05, 0) is 60.5 Å². The van der Waals surface area contributed by atoms with Gasteiger partial charge in [0.15, 0.2) is 6.61 Å². The van der Waals surface area contributed by atoms with Gasteiger partial charge in [-0.15, -0.1) is 0 Å². The molecule has 0 saturated heterocycles. The van der Waals surface area contributed by atoms with Gasteiger partial charge in [0, 0.05) is 16.7 Å². The van der Waals surface area contributed by atoms with Crippen molar-refractivity contribution in [1.29, 1.82) is 0 Å². The van der Waals surface area contributed by atoms with Gasteiger partial charge in [0.2, 0.25) is 10.0 Å². The molecule has 3 aromatic rings. The number of halogens is 1. The fraction of sp³-hybridized carbons (Fsp3) is 0.136. The predicted molar refractivity (Wildman–Crippen MR) is 120 cm³/mol. The van der Waals surface area contributed by atoms with Crippen LogP contribution < -0.4 is 14.8 Å². The largest absolute Gasteiger partial charge is 0.484 e. The lowest BCUT2D eigenvalue weighted by Gasteiger charge is -2.09. The Kier molecular flexibility index (Phi) is 7.62. The van der Waals surface area contributed by atoms with E-state index in [0.717, 1.165) is 10.0 Å². The molecule has 0 saturated carbocycles. The molecule has 6 nitrogen and oxygen atoms in total. The predicted octanol–water partition coefficient (Wildman–Crippen LogP) is 3.99. The number of ether oxygens (including phenoxy) is 1. The lowest BCUT2D eigenvalue weighted by molar-refractivity contribution is -0.118. The van der Waals surface area contributed by atoms with Crippen molar-refractivity contribution in [3.05, 3.63) is 88.9 Å². The summed E-state index contributed by atoms with van der Waals surface area (Å²) in [6, 6.07) is 22.8. The lowest BCUT2D eigenvalue weighted by Crippen LogP contribution is -2.26. The maximum absolute atomic E-state index is 12.4. The summed E-state index contributed by atoms with van der Waals surface area (Å²) in [5.74, 6) is 0.0980. The zero-order valence-electron chi connectivity index (χ0n) is 16.0. The maximum atomic E-state index is 12.4. The molecule has 0 aromatic heterocycles. The Labute approximate surface area is 184 Å². The van der Waals surface area contributed by atoms with Gasteiger partial charge >= 0.3 is 0 Å². The van der Waals surface area contributed by atoms with Crippen molar-refractivity contribution in [3.63, 3.8) is 0 Å². The molecule has 0 atom stereocenters. The number of hydrogen-bond donors (Lipinski definition) is 2. The van der Waals surface area contributed by atoms with Crippen molar-refractivity contribution < 1.29 is 17.9 Å². The number of rotatable bonds is 9. The van der Waals surface area contributed by atoms with Gasteiger partial charge in [0.25, 0.3) is 5.91 Å². The first kappa shape index (κ1) is 22.0. The smallest absolute Gasteiger partial charge is 0.262 e. The molecule has 0 bridgehead atoms. The van der Waals surface area contributed by atoms with Gasteiger partial charge in [-0.2, -0.15) is 0 Å². The van der Waals surface area contributed by atoms with Crippen LogP contribution in [0, 0.1) is 0 Å². The molecule has 0 aliphatic carbocycles. The number of carbonyl (C=O) groups excluding carboxylic acids is 1. The van der Waals surface area contributed by atoms with E-state index >= 15 is 0 Å². The molecule has 0 unspecified atom stereocenters. The van der Waals surface area contributed by atoms with Crippen LogP contribution in [-0.4, -0.2) is 27.5 Å². The van der Waals surface area contributed by atoms with E-state index in [-0.39, 0.29) is 17.4 Å². The van der Waals surface area contributed by atoms with Gasteiger partial charge in [-0.1, -0.05) is 46.3 Å². The maximum Gasteiger partial charge on any atom is 0.262 e. The highest BCUT2D eigenvalue weighted by atomic mass is 79.9. The van der Waals surface area contributed by atoms with Crippen LogP contribution in [0.4, 0.5) is 5.69 Å². The first-order valence-corrected chi connectivity index (χ1v) is 11.5. The number of sulfonamides is 1. The Balaban J connectivity index is 1.48. The second-order valence-corrected chi connectivity index (χ2v) is 9.13. The van der Waals surface area contributed by atoms with Crippen LogP contribution in [0.15, 0.2) is 88.2 Å². The number of carbonyl (C=O) groups is 1. The molecule has 8 heteroatoms. The van der Waals surface area contributed by atoms with Crippen LogP contribution >= 0.6 is 15.9 Å². The highest BCUT2D eigenvalue weighted by molar-refractivity contribution is 9.10. The number of amides is 1. The van der Waals surface area contributed by atoms with E-state index in [0.29, 0.717) is 24.4 Å². The summed E-state index contributed by atoms with van der Waals surface area (Å²) in [6.45, 7) is 0.123. The molecule has 0 aliphatic rings. The Morgan fingerprint density at radius 3 is 2.23 bits per heavy atom. The third-order valence-electron chi connectivity index (χ3n) is 4.18. The summed E-state index contributed by atoms with van der Waals surface area (Å²) in [7, 11) is -3.61. The molecule has 30 heavy (non-hydrogen) atoms. The van der Waals surface area contributed by atoms with E-state index < -0.39 is 10.0 Å². The molecular formula is C22H21BrN2O4S. The van der Waals surface area contributed by atoms with Gasteiger partial charge in [0.05, 0.1) is 4.90 Å². The number of nitrogens with one attached hydrogen (secondary N) is 2. The number of benzene rings is 3. The van der Waals surface area contributed by atoms with Gasteiger partial charge in [-0.25, -0.2) is 13.1 Å². The number of hydrogen-bond acceptors (Lipinski definition) is 4. The van der Waals surface area contributed by atoms with Gasteiger partial charge in [0.1, 0.15) is 5.75 Å². The first-order chi connectivity index (χ1) is 14.4. The minimum atomic E-state index is -3.61. The summed E-state index contributed by atoms with van der Waals surface area (Å²) in [4.78, 5) is 12.1. The number of anilines is 1. The molecule has 3 aromatic carbocycles. The Morgan fingerprint density at radius 1 is 0.900 bits per heavy atom. The zero-order valence-corrected chi connectivity index (χ0v) is 18.4. The molecular weight excluding hydrogens is 468 g/mol.